The van der Waals surface area contributed by atoms with Crippen molar-refractivity contribution in [2.24, 2.45) is 0 Å². The minimum Gasteiger partial charge on any atom is -0.379 e. The zero-order valence-electron chi connectivity index (χ0n) is 15.1. The molecule has 4 rings (SSSR count). The van der Waals surface area contributed by atoms with Crippen molar-refractivity contribution in [3.05, 3.63) is 65.6 Å². The van der Waals surface area contributed by atoms with Gasteiger partial charge < -0.3 is 15.2 Å². The number of hydrogen-bond donors (Lipinski definition) is 2. The summed E-state index contributed by atoms with van der Waals surface area (Å²) in [5, 5.41) is 4.09. The number of likely N-dealkylation sites (N-methyl/N-ethyl adjacent to an activating group) is 1. The Morgan fingerprint density at radius 2 is 1.85 bits per heavy atom. The van der Waals surface area contributed by atoms with Crippen molar-refractivity contribution in [2.75, 3.05) is 38.5 Å². The predicted molar refractivity (Wildman–Crippen MR) is 105 cm³/mol. The summed E-state index contributed by atoms with van der Waals surface area (Å²) in [5.41, 5.74) is 4.23. The van der Waals surface area contributed by atoms with Gasteiger partial charge in [0.1, 0.15) is 5.82 Å². The molecule has 0 saturated carbocycles. The molecule has 0 atom stereocenters. The molecular formula is C21H25FN4. The first-order chi connectivity index (χ1) is 12.7. The number of piperazine rings is 1. The zero-order chi connectivity index (χ0) is 17.9. The average molecular weight is 352 g/mol. The molecule has 0 aliphatic carbocycles. The number of nitrogens with zero attached hydrogens (tertiary/aromatic N) is 2. The van der Waals surface area contributed by atoms with Crippen LogP contribution < -0.4 is 5.32 Å². The van der Waals surface area contributed by atoms with Crippen molar-refractivity contribution in [3.63, 3.8) is 0 Å². The lowest BCUT2D eigenvalue weighted by Gasteiger charge is -2.32. The lowest BCUT2D eigenvalue weighted by Crippen LogP contribution is -2.43. The van der Waals surface area contributed by atoms with Crippen LogP contribution in [0.4, 0.5) is 10.1 Å². The molecular weight excluding hydrogens is 327 g/mol. The Bertz CT molecular complexity index is 881. The molecule has 26 heavy (non-hydrogen) atoms. The summed E-state index contributed by atoms with van der Waals surface area (Å²) in [5.74, 6) is -0.181. The van der Waals surface area contributed by atoms with Gasteiger partial charge in [0.15, 0.2) is 0 Å². The third-order valence-electron chi connectivity index (χ3n) is 5.08. The van der Waals surface area contributed by atoms with Crippen LogP contribution in [0.3, 0.4) is 0 Å². The van der Waals surface area contributed by atoms with E-state index in [0.29, 0.717) is 11.9 Å². The van der Waals surface area contributed by atoms with E-state index in [2.05, 4.69) is 51.4 Å². The van der Waals surface area contributed by atoms with Gasteiger partial charge in [-0.25, -0.2) is 4.39 Å². The van der Waals surface area contributed by atoms with E-state index in [4.69, 9.17) is 0 Å². The lowest BCUT2D eigenvalue weighted by molar-refractivity contribution is 0.148. The summed E-state index contributed by atoms with van der Waals surface area (Å²) in [7, 11) is 2.18. The Hall–Kier alpha value is -2.37. The number of anilines is 1. The molecule has 2 aromatic carbocycles. The second kappa shape index (κ2) is 7.48. The Kier molecular flexibility index (Phi) is 4.91. The Labute approximate surface area is 153 Å². The van der Waals surface area contributed by atoms with Crippen molar-refractivity contribution in [1.29, 1.82) is 0 Å². The van der Waals surface area contributed by atoms with Crippen LogP contribution in [0, 0.1) is 5.82 Å². The minimum absolute atomic E-state index is 0.181. The molecule has 1 aromatic heterocycles. The van der Waals surface area contributed by atoms with Gasteiger partial charge in [-0.3, -0.25) is 4.90 Å². The number of halogens is 1. The average Bonchev–Trinajstić information content (AvgIpc) is 3.07. The highest BCUT2D eigenvalue weighted by Gasteiger charge is 2.13. The fourth-order valence-electron chi connectivity index (χ4n) is 3.51. The molecule has 0 bridgehead atoms. The highest BCUT2D eigenvalue weighted by atomic mass is 19.1. The van der Waals surface area contributed by atoms with Crippen molar-refractivity contribution in [1.82, 2.24) is 14.8 Å². The van der Waals surface area contributed by atoms with E-state index >= 15 is 0 Å². The van der Waals surface area contributed by atoms with Crippen molar-refractivity contribution in [3.8, 4) is 0 Å². The van der Waals surface area contributed by atoms with Gasteiger partial charge in [-0.15, -0.1) is 0 Å². The Balaban J connectivity index is 1.39. The molecule has 4 nitrogen and oxygen atoms in total. The first-order valence-electron chi connectivity index (χ1n) is 9.17. The number of H-pyrrole nitrogens is 1. The number of hydrogen-bond acceptors (Lipinski definition) is 3. The fourth-order valence-corrected chi connectivity index (χ4v) is 3.51. The van der Waals surface area contributed by atoms with Gasteiger partial charge in [0.05, 0.1) is 6.54 Å². The number of rotatable bonds is 5. The zero-order valence-corrected chi connectivity index (χ0v) is 15.1. The molecule has 0 unspecified atom stereocenters. The normalized spacial score (nSPS) is 16.2. The third kappa shape index (κ3) is 3.89. The fraction of sp³-hybridized carbons (Fsp3) is 0.333. The van der Waals surface area contributed by atoms with E-state index in [0.717, 1.165) is 49.6 Å². The van der Waals surface area contributed by atoms with E-state index in [9.17, 15) is 4.39 Å². The van der Waals surface area contributed by atoms with Crippen molar-refractivity contribution in [2.45, 2.75) is 13.1 Å². The number of fused-ring (bicyclic) bond motifs is 1. The van der Waals surface area contributed by atoms with Crippen LogP contribution in [0.15, 0.2) is 48.5 Å². The van der Waals surface area contributed by atoms with Crippen LogP contribution in [0.25, 0.3) is 10.9 Å². The van der Waals surface area contributed by atoms with Crippen LogP contribution in [0.1, 0.15) is 11.3 Å². The van der Waals surface area contributed by atoms with Gasteiger partial charge in [0, 0.05) is 55.0 Å². The molecule has 1 fully saturated rings. The SMILES string of the molecule is CN1CCN(Cc2cccc(NCc3cc4c(F)cccc4[nH]3)c2)CC1. The van der Waals surface area contributed by atoms with Gasteiger partial charge in [-0.05, 0) is 42.9 Å². The Morgan fingerprint density at radius 3 is 2.65 bits per heavy atom. The molecule has 1 aliphatic rings. The molecule has 0 spiro atoms. The Morgan fingerprint density at radius 1 is 1.04 bits per heavy atom. The van der Waals surface area contributed by atoms with Crippen LogP contribution in [-0.2, 0) is 13.1 Å². The van der Waals surface area contributed by atoms with Gasteiger partial charge in [0.2, 0.25) is 0 Å². The molecule has 1 aliphatic heterocycles. The van der Waals surface area contributed by atoms with Gasteiger partial charge in [-0.2, -0.15) is 0 Å². The van der Waals surface area contributed by atoms with Gasteiger partial charge in [-0.1, -0.05) is 18.2 Å². The smallest absolute Gasteiger partial charge is 0.132 e. The van der Waals surface area contributed by atoms with Crippen molar-refractivity contribution < 1.29 is 4.39 Å². The van der Waals surface area contributed by atoms with Crippen molar-refractivity contribution >= 4 is 16.6 Å². The molecule has 5 heteroatoms. The summed E-state index contributed by atoms with van der Waals surface area (Å²) < 4.78 is 13.8. The van der Waals surface area contributed by atoms with Gasteiger partial charge >= 0.3 is 0 Å². The summed E-state index contributed by atoms with van der Waals surface area (Å²) in [4.78, 5) is 8.15. The van der Waals surface area contributed by atoms with Crippen LogP contribution in [0.5, 0.6) is 0 Å². The van der Waals surface area contributed by atoms with E-state index < -0.39 is 0 Å². The second-order valence-corrected chi connectivity index (χ2v) is 7.13. The summed E-state index contributed by atoms with van der Waals surface area (Å²) >= 11 is 0. The third-order valence-corrected chi connectivity index (χ3v) is 5.08. The van der Waals surface area contributed by atoms with Crippen LogP contribution >= 0.6 is 0 Å². The number of aromatic amines is 1. The second-order valence-electron chi connectivity index (χ2n) is 7.13. The lowest BCUT2D eigenvalue weighted by atomic mass is 10.1. The highest BCUT2D eigenvalue weighted by Crippen LogP contribution is 2.20. The summed E-state index contributed by atoms with van der Waals surface area (Å²) in [6.07, 6.45) is 0. The molecule has 2 N–H and O–H groups in total. The molecule has 1 saturated heterocycles. The predicted octanol–water partition coefficient (Wildman–Crippen LogP) is 3.67. The minimum atomic E-state index is -0.181. The van der Waals surface area contributed by atoms with E-state index in [1.807, 2.05) is 12.1 Å². The quantitative estimate of drug-likeness (QED) is 0.735. The first-order valence-corrected chi connectivity index (χ1v) is 9.17. The largest absolute Gasteiger partial charge is 0.379 e. The van der Waals surface area contributed by atoms with E-state index in [1.54, 1.807) is 6.07 Å². The number of aromatic nitrogens is 1. The summed E-state index contributed by atoms with van der Waals surface area (Å²) in [6.45, 7) is 6.14. The molecule has 136 valence electrons. The molecule has 0 amide bonds. The maximum absolute atomic E-state index is 13.8. The summed E-state index contributed by atoms with van der Waals surface area (Å²) in [6, 6.07) is 15.6. The van der Waals surface area contributed by atoms with Crippen LogP contribution in [0.2, 0.25) is 0 Å². The standard InChI is InChI=1S/C21H25FN4/c1-25-8-10-26(11-9-25)15-16-4-2-5-17(12-16)23-14-18-13-19-20(22)6-3-7-21(19)24-18/h2-7,12-13,23-24H,8-11,14-15H2,1H3. The topological polar surface area (TPSA) is 34.3 Å². The maximum atomic E-state index is 13.8. The highest BCUT2D eigenvalue weighted by molar-refractivity contribution is 5.81. The number of benzene rings is 2. The molecule has 2 heterocycles. The first kappa shape index (κ1) is 17.1. The van der Waals surface area contributed by atoms with E-state index in [1.165, 1.54) is 11.6 Å². The van der Waals surface area contributed by atoms with Gasteiger partial charge in [0.25, 0.3) is 0 Å². The monoisotopic (exact) mass is 352 g/mol. The van der Waals surface area contributed by atoms with Crippen LogP contribution in [-0.4, -0.2) is 48.0 Å². The van der Waals surface area contributed by atoms with E-state index in [-0.39, 0.29) is 5.82 Å². The maximum Gasteiger partial charge on any atom is 0.132 e. The molecule has 0 radical (unpaired) electrons. The molecule has 3 aromatic rings. The number of nitrogens with one attached hydrogen (secondary N) is 2.